The lowest BCUT2D eigenvalue weighted by molar-refractivity contribution is 0.103. The second kappa shape index (κ2) is 7.35. The average Bonchev–Trinajstić information content (AvgIpc) is 3.35. The van der Waals surface area contributed by atoms with Crippen LogP contribution in [0.5, 0.6) is 0 Å². The van der Waals surface area contributed by atoms with Crippen LogP contribution in [0.15, 0.2) is 47.2 Å². The Morgan fingerprint density at radius 1 is 1.12 bits per heavy atom. The summed E-state index contributed by atoms with van der Waals surface area (Å²) in [7, 11) is 0. The smallest absolute Gasteiger partial charge is 0.265 e. The molecule has 7 heteroatoms. The van der Waals surface area contributed by atoms with Crippen LogP contribution in [0.4, 0.5) is 10.8 Å². The predicted molar refractivity (Wildman–Crippen MR) is 103 cm³/mol. The standard InChI is InChI=1S/C18H17N3O2S2/c22-17(16-2-1-11-24-16)19-14-5-3-13(4-6-14)15-12-25-18(20-15)21-7-9-23-10-8-21/h1-6,11-12H,7-10H2,(H,19,22). The highest BCUT2D eigenvalue weighted by Crippen LogP contribution is 2.28. The van der Waals surface area contributed by atoms with E-state index in [1.165, 1.54) is 11.3 Å². The highest BCUT2D eigenvalue weighted by atomic mass is 32.1. The maximum atomic E-state index is 12.1. The molecule has 2 aromatic heterocycles. The fraction of sp³-hybridized carbons (Fsp3) is 0.222. The third kappa shape index (κ3) is 3.73. The number of morpholine rings is 1. The van der Waals surface area contributed by atoms with Crippen LogP contribution < -0.4 is 10.2 Å². The minimum Gasteiger partial charge on any atom is -0.378 e. The van der Waals surface area contributed by atoms with Crippen molar-refractivity contribution in [2.75, 3.05) is 36.5 Å². The average molecular weight is 371 g/mol. The van der Waals surface area contributed by atoms with Gasteiger partial charge in [-0.05, 0) is 23.6 Å². The van der Waals surface area contributed by atoms with Crippen LogP contribution >= 0.6 is 22.7 Å². The summed E-state index contributed by atoms with van der Waals surface area (Å²) < 4.78 is 5.39. The van der Waals surface area contributed by atoms with E-state index in [9.17, 15) is 4.79 Å². The molecule has 1 N–H and O–H groups in total. The SMILES string of the molecule is O=C(Nc1ccc(-c2csc(N3CCOCC3)n2)cc1)c1cccs1. The molecule has 4 rings (SSSR count). The van der Waals surface area contributed by atoms with Crippen molar-refractivity contribution in [1.29, 1.82) is 0 Å². The third-order valence-electron chi connectivity index (χ3n) is 3.96. The van der Waals surface area contributed by atoms with Crippen molar-refractivity contribution in [3.63, 3.8) is 0 Å². The molecule has 5 nitrogen and oxygen atoms in total. The van der Waals surface area contributed by atoms with Gasteiger partial charge in [-0.3, -0.25) is 4.79 Å². The molecule has 25 heavy (non-hydrogen) atoms. The van der Waals surface area contributed by atoms with Crippen molar-refractivity contribution in [2.24, 2.45) is 0 Å². The molecule has 1 aromatic carbocycles. The molecule has 3 heterocycles. The van der Waals surface area contributed by atoms with E-state index < -0.39 is 0 Å². The number of ether oxygens (including phenoxy) is 1. The van der Waals surface area contributed by atoms with E-state index in [1.54, 1.807) is 11.3 Å². The van der Waals surface area contributed by atoms with Gasteiger partial charge in [0, 0.05) is 29.7 Å². The number of benzene rings is 1. The molecule has 1 aliphatic heterocycles. The summed E-state index contributed by atoms with van der Waals surface area (Å²) in [6.45, 7) is 3.29. The Balaban J connectivity index is 1.45. The van der Waals surface area contributed by atoms with Gasteiger partial charge in [0.1, 0.15) is 0 Å². The summed E-state index contributed by atoms with van der Waals surface area (Å²) in [5.41, 5.74) is 2.79. The minimum absolute atomic E-state index is 0.0778. The zero-order chi connectivity index (χ0) is 17.1. The van der Waals surface area contributed by atoms with Crippen molar-refractivity contribution >= 4 is 39.4 Å². The quantitative estimate of drug-likeness (QED) is 0.754. The second-order valence-corrected chi connectivity index (χ2v) is 7.41. The molecule has 0 bridgehead atoms. The Morgan fingerprint density at radius 3 is 2.64 bits per heavy atom. The Labute approximate surface area is 153 Å². The van der Waals surface area contributed by atoms with Gasteiger partial charge < -0.3 is 15.0 Å². The fourth-order valence-electron chi connectivity index (χ4n) is 2.62. The number of thiophene rings is 1. The third-order valence-corrected chi connectivity index (χ3v) is 5.73. The number of thiazole rings is 1. The van der Waals surface area contributed by atoms with Crippen LogP contribution in [0.25, 0.3) is 11.3 Å². The maximum absolute atomic E-state index is 12.1. The van der Waals surface area contributed by atoms with Crippen LogP contribution in [0.2, 0.25) is 0 Å². The van der Waals surface area contributed by atoms with Crippen molar-refractivity contribution < 1.29 is 9.53 Å². The largest absolute Gasteiger partial charge is 0.378 e. The molecule has 0 radical (unpaired) electrons. The van der Waals surface area contributed by atoms with Gasteiger partial charge in [0.2, 0.25) is 0 Å². The molecule has 1 saturated heterocycles. The number of rotatable bonds is 4. The number of amides is 1. The molecule has 0 saturated carbocycles. The molecule has 0 spiro atoms. The number of hydrogen-bond donors (Lipinski definition) is 1. The number of nitrogens with one attached hydrogen (secondary N) is 1. The van der Waals surface area contributed by atoms with Crippen molar-refractivity contribution in [3.8, 4) is 11.3 Å². The minimum atomic E-state index is -0.0778. The summed E-state index contributed by atoms with van der Waals surface area (Å²) in [5.74, 6) is -0.0778. The molecule has 1 amide bonds. The van der Waals surface area contributed by atoms with Gasteiger partial charge in [0.15, 0.2) is 5.13 Å². The summed E-state index contributed by atoms with van der Waals surface area (Å²) >= 11 is 3.09. The van der Waals surface area contributed by atoms with Crippen molar-refractivity contribution in [2.45, 2.75) is 0 Å². The molecule has 0 aliphatic carbocycles. The van der Waals surface area contributed by atoms with Gasteiger partial charge in [0.25, 0.3) is 5.91 Å². The van der Waals surface area contributed by atoms with Crippen molar-refractivity contribution in [3.05, 3.63) is 52.0 Å². The fourth-order valence-corrected chi connectivity index (χ4v) is 4.13. The normalized spacial score (nSPS) is 14.5. The van der Waals surface area contributed by atoms with E-state index in [0.29, 0.717) is 4.88 Å². The lowest BCUT2D eigenvalue weighted by Gasteiger charge is -2.26. The molecule has 0 unspecified atom stereocenters. The highest BCUT2D eigenvalue weighted by Gasteiger charge is 2.15. The van der Waals surface area contributed by atoms with Crippen LogP contribution in [-0.4, -0.2) is 37.2 Å². The highest BCUT2D eigenvalue weighted by molar-refractivity contribution is 7.14. The van der Waals surface area contributed by atoms with Crippen molar-refractivity contribution in [1.82, 2.24) is 4.98 Å². The van der Waals surface area contributed by atoms with E-state index in [1.807, 2.05) is 41.8 Å². The lowest BCUT2D eigenvalue weighted by Crippen LogP contribution is -2.36. The zero-order valence-electron chi connectivity index (χ0n) is 13.5. The first kappa shape index (κ1) is 16.3. The molecule has 1 aliphatic rings. The molecule has 3 aromatic rings. The Morgan fingerprint density at radius 2 is 1.92 bits per heavy atom. The number of carbonyl (C=O) groups is 1. The van der Waals surface area contributed by atoms with Gasteiger partial charge in [-0.15, -0.1) is 22.7 Å². The predicted octanol–water partition coefficient (Wildman–Crippen LogP) is 3.96. The van der Waals surface area contributed by atoms with Gasteiger partial charge in [0.05, 0.1) is 23.8 Å². The lowest BCUT2D eigenvalue weighted by atomic mass is 10.1. The van der Waals surface area contributed by atoms with Crippen LogP contribution in [-0.2, 0) is 4.74 Å². The summed E-state index contributed by atoms with van der Waals surface area (Å²) in [6.07, 6.45) is 0. The Bertz CT molecular complexity index is 838. The van der Waals surface area contributed by atoms with Crippen LogP contribution in [0, 0.1) is 0 Å². The van der Waals surface area contributed by atoms with Crippen LogP contribution in [0.1, 0.15) is 9.67 Å². The van der Waals surface area contributed by atoms with E-state index in [2.05, 4.69) is 15.6 Å². The number of aromatic nitrogens is 1. The zero-order valence-corrected chi connectivity index (χ0v) is 15.1. The Kier molecular flexibility index (Phi) is 4.78. The van der Waals surface area contributed by atoms with Gasteiger partial charge in [-0.2, -0.15) is 0 Å². The number of anilines is 2. The summed E-state index contributed by atoms with van der Waals surface area (Å²) in [6, 6.07) is 11.5. The molecular formula is C18H17N3O2S2. The first-order valence-electron chi connectivity index (χ1n) is 8.03. The number of carbonyl (C=O) groups excluding carboxylic acids is 1. The van der Waals surface area contributed by atoms with E-state index in [0.717, 1.165) is 48.4 Å². The number of hydrogen-bond acceptors (Lipinski definition) is 6. The molecule has 128 valence electrons. The first-order valence-corrected chi connectivity index (χ1v) is 9.79. The summed E-state index contributed by atoms with van der Waals surface area (Å²) in [4.78, 5) is 19.8. The Hall–Kier alpha value is -2.22. The molecular weight excluding hydrogens is 354 g/mol. The van der Waals surface area contributed by atoms with E-state index >= 15 is 0 Å². The van der Waals surface area contributed by atoms with Crippen LogP contribution in [0.3, 0.4) is 0 Å². The first-order chi connectivity index (χ1) is 12.3. The topological polar surface area (TPSA) is 54.5 Å². The monoisotopic (exact) mass is 371 g/mol. The number of nitrogens with zero attached hydrogens (tertiary/aromatic N) is 2. The van der Waals surface area contributed by atoms with Gasteiger partial charge in [-0.25, -0.2) is 4.98 Å². The second-order valence-electron chi connectivity index (χ2n) is 5.62. The van der Waals surface area contributed by atoms with Gasteiger partial charge in [-0.1, -0.05) is 18.2 Å². The van der Waals surface area contributed by atoms with E-state index in [4.69, 9.17) is 9.72 Å². The molecule has 1 fully saturated rings. The van der Waals surface area contributed by atoms with Gasteiger partial charge >= 0.3 is 0 Å². The van der Waals surface area contributed by atoms with E-state index in [-0.39, 0.29) is 5.91 Å². The molecule has 0 atom stereocenters. The maximum Gasteiger partial charge on any atom is 0.265 e. The summed E-state index contributed by atoms with van der Waals surface area (Å²) in [5, 5.41) is 7.92.